The van der Waals surface area contributed by atoms with E-state index in [-0.39, 0.29) is 18.0 Å². The maximum absolute atomic E-state index is 12.9. The molecule has 0 bridgehead atoms. The van der Waals surface area contributed by atoms with E-state index in [1.54, 1.807) is 29.5 Å². The van der Waals surface area contributed by atoms with Gasteiger partial charge in [-0.05, 0) is 52.2 Å². The summed E-state index contributed by atoms with van der Waals surface area (Å²) in [5.41, 5.74) is 3.43. The minimum Gasteiger partial charge on any atom is -0.443 e. The number of pyridine rings is 1. The molecule has 1 aliphatic rings. The van der Waals surface area contributed by atoms with Crippen LogP contribution in [0.4, 0.5) is 4.79 Å². The Morgan fingerprint density at radius 1 is 1.10 bits per heavy atom. The summed E-state index contributed by atoms with van der Waals surface area (Å²) in [6.45, 7) is 9.84. The first kappa shape index (κ1) is 25.1. The molecule has 1 aromatic rings. The maximum Gasteiger partial charge on any atom is 0.425 e. The zero-order chi connectivity index (χ0) is 22.7. The van der Waals surface area contributed by atoms with E-state index < -0.39 is 5.60 Å². The fourth-order valence-corrected chi connectivity index (χ4v) is 3.76. The molecule has 0 aliphatic carbocycles. The third-order valence-corrected chi connectivity index (χ3v) is 5.45. The molecule has 2 amide bonds. The average Bonchev–Trinajstić information content (AvgIpc) is 2.75. The summed E-state index contributed by atoms with van der Waals surface area (Å²) in [5.74, 6) is 0.0182. The van der Waals surface area contributed by atoms with Crippen molar-refractivity contribution in [2.75, 3.05) is 19.6 Å². The highest BCUT2D eigenvalue weighted by Crippen LogP contribution is 2.20. The van der Waals surface area contributed by atoms with Crippen LogP contribution in [0.25, 0.3) is 0 Å². The number of nitrogens with zero attached hydrogens (tertiary/aromatic N) is 3. The zero-order valence-corrected chi connectivity index (χ0v) is 19.7. The van der Waals surface area contributed by atoms with E-state index in [1.165, 1.54) is 25.7 Å². The van der Waals surface area contributed by atoms with Crippen molar-refractivity contribution >= 4 is 12.0 Å². The molecule has 7 nitrogen and oxygen atoms in total. The van der Waals surface area contributed by atoms with Crippen LogP contribution in [0, 0.1) is 0 Å². The Kier molecular flexibility index (Phi) is 10.2. The van der Waals surface area contributed by atoms with E-state index in [9.17, 15) is 9.59 Å². The van der Waals surface area contributed by atoms with Crippen LogP contribution < -0.4 is 5.43 Å². The molecule has 31 heavy (non-hydrogen) atoms. The second kappa shape index (κ2) is 12.6. The van der Waals surface area contributed by atoms with Crippen LogP contribution in [0.1, 0.15) is 89.4 Å². The van der Waals surface area contributed by atoms with Gasteiger partial charge in [-0.25, -0.2) is 15.2 Å². The molecule has 7 heteroatoms. The minimum atomic E-state index is -0.546. The van der Waals surface area contributed by atoms with Gasteiger partial charge in [-0.1, -0.05) is 39.0 Å². The van der Waals surface area contributed by atoms with Crippen LogP contribution in [0.2, 0.25) is 0 Å². The summed E-state index contributed by atoms with van der Waals surface area (Å²) in [6, 6.07) is 3.49. The van der Waals surface area contributed by atoms with Gasteiger partial charge in [-0.2, -0.15) is 0 Å². The van der Waals surface area contributed by atoms with E-state index in [0.29, 0.717) is 18.7 Å². The molecule has 1 saturated heterocycles. The number of aromatic nitrogens is 1. The van der Waals surface area contributed by atoms with Gasteiger partial charge in [0.15, 0.2) is 0 Å². The van der Waals surface area contributed by atoms with Gasteiger partial charge in [-0.15, -0.1) is 0 Å². The van der Waals surface area contributed by atoms with Crippen LogP contribution >= 0.6 is 0 Å². The number of hydrogen-bond donors (Lipinski definition) is 1. The molecular formula is C24H40N4O3. The molecule has 0 unspecified atom stereocenters. The lowest BCUT2D eigenvalue weighted by atomic mass is 10.0. The van der Waals surface area contributed by atoms with E-state index in [2.05, 4.69) is 17.3 Å². The Morgan fingerprint density at radius 3 is 2.32 bits per heavy atom. The van der Waals surface area contributed by atoms with E-state index >= 15 is 0 Å². The van der Waals surface area contributed by atoms with Gasteiger partial charge >= 0.3 is 6.09 Å². The Morgan fingerprint density at radius 2 is 1.71 bits per heavy atom. The van der Waals surface area contributed by atoms with Gasteiger partial charge in [0.1, 0.15) is 5.60 Å². The predicted octanol–water partition coefficient (Wildman–Crippen LogP) is 4.79. The standard InChI is InChI=1S/C24H40N4O3/c1-5-6-7-8-9-10-15-26-28(23(30)31-24(2,3)4)21-13-18-27(19-14-21)22(29)20-11-16-25-17-12-20/h11-12,16-17,21,26H,5-10,13-15,18-19H2,1-4H3. The molecular weight excluding hydrogens is 392 g/mol. The van der Waals surface area contributed by atoms with Crippen LogP contribution in [0.5, 0.6) is 0 Å². The third kappa shape index (κ3) is 8.85. The lowest BCUT2D eigenvalue weighted by Gasteiger charge is -2.39. The number of piperidine rings is 1. The van der Waals surface area contributed by atoms with Crippen LogP contribution in [0.3, 0.4) is 0 Å². The number of hydrazine groups is 1. The number of ether oxygens (including phenoxy) is 1. The van der Waals surface area contributed by atoms with E-state index in [1.807, 2.05) is 25.7 Å². The van der Waals surface area contributed by atoms with Crippen molar-refractivity contribution in [1.82, 2.24) is 20.3 Å². The topological polar surface area (TPSA) is 74.8 Å². The molecule has 0 atom stereocenters. The van der Waals surface area contributed by atoms with Gasteiger partial charge in [0.25, 0.3) is 5.91 Å². The van der Waals surface area contributed by atoms with Crippen LogP contribution in [-0.2, 0) is 4.74 Å². The number of likely N-dealkylation sites (tertiary alicyclic amines) is 1. The molecule has 2 heterocycles. The van der Waals surface area contributed by atoms with Gasteiger partial charge in [-0.3, -0.25) is 9.78 Å². The highest BCUT2D eigenvalue weighted by atomic mass is 16.6. The third-order valence-electron chi connectivity index (χ3n) is 5.45. The molecule has 1 fully saturated rings. The molecule has 0 spiro atoms. The first-order chi connectivity index (χ1) is 14.8. The summed E-state index contributed by atoms with van der Waals surface area (Å²) >= 11 is 0. The van der Waals surface area contributed by atoms with Gasteiger partial charge < -0.3 is 9.64 Å². The Hall–Kier alpha value is -2.15. The average molecular weight is 433 g/mol. The molecule has 1 N–H and O–H groups in total. The number of amides is 2. The van der Waals surface area contributed by atoms with E-state index in [4.69, 9.17) is 4.74 Å². The van der Waals surface area contributed by atoms with Crippen molar-refractivity contribution in [3.63, 3.8) is 0 Å². The van der Waals surface area contributed by atoms with Crippen LogP contribution in [-0.4, -0.2) is 58.2 Å². The summed E-state index contributed by atoms with van der Waals surface area (Å²) < 4.78 is 5.64. The number of unbranched alkanes of at least 4 members (excludes halogenated alkanes) is 5. The monoisotopic (exact) mass is 432 g/mol. The Labute approximate surface area is 187 Å². The molecule has 2 rings (SSSR count). The summed E-state index contributed by atoms with van der Waals surface area (Å²) in [6.07, 6.45) is 11.6. The maximum atomic E-state index is 12.9. The van der Waals surface area contributed by atoms with Crippen molar-refractivity contribution in [1.29, 1.82) is 0 Å². The zero-order valence-electron chi connectivity index (χ0n) is 19.7. The van der Waals surface area contributed by atoms with E-state index in [0.717, 1.165) is 32.2 Å². The quantitative estimate of drug-likeness (QED) is 0.425. The molecule has 1 aromatic heterocycles. The number of nitrogens with one attached hydrogen (secondary N) is 1. The smallest absolute Gasteiger partial charge is 0.425 e. The second-order valence-electron chi connectivity index (χ2n) is 9.29. The van der Waals surface area contributed by atoms with Gasteiger partial charge in [0, 0.05) is 37.6 Å². The van der Waals surface area contributed by atoms with Crippen molar-refractivity contribution in [3.8, 4) is 0 Å². The van der Waals surface area contributed by atoms with Crippen molar-refractivity contribution < 1.29 is 14.3 Å². The van der Waals surface area contributed by atoms with Crippen LogP contribution in [0.15, 0.2) is 24.5 Å². The summed E-state index contributed by atoms with van der Waals surface area (Å²) in [4.78, 5) is 31.4. The molecule has 0 radical (unpaired) electrons. The summed E-state index contributed by atoms with van der Waals surface area (Å²) in [7, 11) is 0. The molecule has 174 valence electrons. The number of carbonyl (C=O) groups is 2. The molecule has 0 saturated carbocycles. The first-order valence-electron chi connectivity index (χ1n) is 11.8. The second-order valence-corrected chi connectivity index (χ2v) is 9.29. The number of rotatable bonds is 10. The first-order valence-corrected chi connectivity index (χ1v) is 11.8. The largest absolute Gasteiger partial charge is 0.443 e. The number of carbonyl (C=O) groups excluding carboxylic acids is 2. The highest BCUT2D eigenvalue weighted by molar-refractivity contribution is 5.94. The SMILES string of the molecule is CCCCCCCCNN(C(=O)OC(C)(C)C)C1CCN(C(=O)c2ccncc2)CC1. The lowest BCUT2D eigenvalue weighted by molar-refractivity contribution is -0.00696. The Bertz CT molecular complexity index is 667. The predicted molar refractivity (Wildman–Crippen MR) is 123 cm³/mol. The summed E-state index contributed by atoms with van der Waals surface area (Å²) in [5, 5.41) is 1.67. The van der Waals surface area contributed by atoms with Crippen molar-refractivity contribution in [2.45, 2.75) is 90.7 Å². The fourth-order valence-electron chi connectivity index (χ4n) is 3.76. The Balaban J connectivity index is 1.89. The van der Waals surface area contributed by atoms with Crippen molar-refractivity contribution in [3.05, 3.63) is 30.1 Å². The highest BCUT2D eigenvalue weighted by Gasteiger charge is 2.32. The van der Waals surface area contributed by atoms with Crippen molar-refractivity contribution in [2.24, 2.45) is 0 Å². The molecule has 1 aliphatic heterocycles. The normalized spacial score (nSPS) is 15.0. The fraction of sp³-hybridized carbons (Fsp3) is 0.708. The molecule has 0 aromatic carbocycles. The lowest BCUT2D eigenvalue weighted by Crippen LogP contribution is -2.55. The minimum absolute atomic E-state index is 0.0106. The number of hydrogen-bond acceptors (Lipinski definition) is 5. The van der Waals surface area contributed by atoms with Gasteiger partial charge in [0.2, 0.25) is 0 Å². The van der Waals surface area contributed by atoms with Gasteiger partial charge in [0.05, 0.1) is 6.04 Å².